The number of carbonyl (C=O) groups excluding carboxylic acids is 2. The van der Waals surface area contributed by atoms with Gasteiger partial charge in [-0.1, -0.05) is 68.1 Å². The summed E-state index contributed by atoms with van der Waals surface area (Å²) in [4.78, 5) is 31.0. The number of ether oxygens (including phenoxy) is 1. The molecule has 2 aromatic rings. The van der Waals surface area contributed by atoms with Crippen LogP contribution < -0.4 is 4.74 Å². The van der Waals surface area contributed by atoms with Gasteiger partial charge in [0.2, 0.25) is 0 Å². The molecule has 0 spiro atoms. The van der Waals surface area contributed by atoms with Crippen molar-refractivity contribution in [1.82, 2.24) is 9.80 Å². The third kappa shape index (κ3) is 5.13. The lowest BCUT2D eigenvalue weighted by Gasteiger charge is -2.27. The number of benzene rings is 2. The third-order valence-corrected chi connectivity index (χ3v) is 6.44. The van der Waals surface area contributed by atoms with Gasteiger partial charge in [0.1, 0.15) is 11.4 Å². The summed E-state index contributed by atoms with van der Waals surface area (Å²) in [6.07, 6.45) is 6.32. The average molecular weight is 447 g/mol. The lowest BCUT2D eigenvalue weighted by molar-refractivity contribution is -0.140. The highest BCUT2D eigenvalue weighted by molar-refractivity contribution is 6.35. The minimum atomic E-state index is -0.167. The summed E-state index contributed by atoms with van der Waals surface area (Å²) in [6, 6.07) is 17.6. The predicted octanol–water partition coefficient (Wildman–Crippen LogP) is 5.41. The molecule has 0 radical (unpaired) electrons. The summed E-state index contributed by atoms with van der Waals surface area (Å²) in [7, 11) is 1.90. The van der Waals surface area contributed by atoms with Gasteiger partial charge in [-0.15, -0.1) is 0 Å². The van der Waals surface area contributed by atoms with Crippen molar-refractivity contribution in [2.45, 2.75) is 71.1 Å². The van der Waals surface area contributed by atoms with Gasteiger partial charge in [0.05, 0.1) is 11.7 Å². The first-order valence-electron chi connectivity index (χ1n) is 12.1. The molecule has 1 fully saturated rings. The molecule has 33 heavy (non-hydrogen) atoms. The molecule has 5 heteroatoms. The SMILES string of the molecule is CC(C)Oc1ccc(C2=C(N(C)Cc3ccccc3)C(=O)N(C3CCCCCC3)C2=O)cc1. The van der Waals surface area contributed by atoms with Gasteiger partial charge in [-0.2, -0.15) is 0 Å². The first kappa shape index (κ1) is 23.1. The standard InChI is InChI=1S/C28H34N2O3/c1-20(2)33-24-17-15-22(16-18-24)25-26(29(3)19-21-11-7-6-8-12-21)28(32)30(27(25)31)23-13-9-4-5-10-14-23/h6-8,11-12,15-18,20,23H,4-5,9-10,13-14,19H2,1-3H3. The van der Waals surface area contributed by atoms with Gasteiger partial charge in [-0.3, -0.25) is 14.5 Å². The first-order chi connectivity index (χ1) is 16.0. The van der Waals surface area contributed by atoms with Crippen LogP contribution in [0.4, 0.5) is 0 Å². The van der Waals surface area contributed by atoms with Crippen molar-refractivity contribution in [3.63, 3.8) is 0 Å². The molecule has 2 amide bonds. The maximum absolute atomic E-state index is 13.7. The topological polar surface area (TPSA) is 49.9 Å². The Bertz CT molecular complexity index is 1000. The summed E-state index contributed by atoms with van der Waals surface area (Å²) in [6.45, 7) is 4.53. The Labute approximate surface area is 197 Å². The summed E-state index contributed by atoms with van der Waals surface area (Å²) in [5.74, 6) is 0.424. The Balaban J connectivity index is 1.70. The van der Waals surface area contributed by atoms with Crippen LogP contribution in [0.25, 0.3) is 5.57 Å². The van der Waals surface area contributed by atoms with E-state index in [0.29, 0.717) is 17.8 Å². The second-order valence-corrected chi connectivity index (χ2v) is 9.38. The minimum absolute atomic E-state index is 0.0197. The van der Waals surface area contributed by atoms with Crippen LogP contribution in [0.15, 0.2) is 60.3 Å². The van der Waals surface area contributed by atoms with Gasteiger partial charge >= 0.3 is 0 Å². The zero-order valence-electron chi connectivity index (χ0n) is 19.9. The number of nitrogens with zero attached hydrogens (tertiary/aromatic N) is 2. The Morgan fingerprint density at radius 1 is 0.909 bits per heavy atom. The monoisotopic (exact) mass is 446 g/mol. The van der Waals surface area contributed by atoms with Crippen LogP contribution in [0.1, 0.15) is 63.5 Å². The molecule has 1 heterocycles. The normalized spacial score (nSPS) is 17.6. The van der Waals surface area contributed by atoms with Crippen LogP contribution in [0, 0.1) is 0 Å². The van der Waals surface area contributed by atoms with Crippen molar-refractivity contribution >= 4 is 17.4 Å². The molecular weight excluding hydrogens is 412 g/mol. The van der Waals surface area contributed by atoms with Crippen LogP contribution in [-0.4, -0.2) is 40.8 Å². The number of hydrogen-bond acceptors (Lipinski definition) is 4. The second-order valence-electron chi connectivity index (χ2n) is 9.38. The number of imide groups is 1. The molecule has 4 rings (SSSR count). The fourth-order valence-corrected chi connectivity index (χ4v) is 4.91. The molecule has 0 saturated heterocycles. The quantitative estimate of drug-likeness (QED) is 0.422. The molecule has 1 saturated carbocycles. The molecule has 0 bridgehead atoms. The van der Waals surface area contributed by atoms with E-state index in [9.17, 15) is 9.59 Å². The van der Waals surface area contributed by atoms with Crippen molar-refractivity contribution in [3.8, 4) is 5.75 Å². The number of carbonyl (C=O) groups is 2. The lowest BCUT2D eigenvalue weighted by atomic mass is 10.0. The number of rotatable bonds is 7. The zero-order chi connectivity index (χ0) is 23.4. The highest BCUT2D eigenvalue weighted by atomic mass is 16.5. The van der Waals surface area contributed by atoms with E-state index in [4.69, 9.17) is 4.74 Å². The largest absolute Gasteiger partial charge is 0.491 e. The van der Waals surface area contributed by atoms with E-state index in [-0.39, 0.29) is 24.0 Å². The first-order valence-corrected chi connectivity index (χ1v) is 12.1. The Morgan fingerprint density at radius 2 is 1.55 bits per heavy atom. The maximum Gasteiger partial charge on any atom is 0.278 e. The molecule has 0 atom stereocenters. The minimum Gasteiger partial charge on any atom is -0.491 e. The van der Waals surface area contributed by atoms with E-state index in [1.54, 1.807) is 4.90 Å². The molecule has 174 valence electrons. The summed E-state index contributed by atoms with van der Waals surface area (Å²) < 4.78 is 5.77. The van der Waals surface area contributed by atoms with Gasteiger partial charge in [-0.05, 0) is 49.9 Å². The second kappa shape index (κ2) is 10.2. The van der Waals surface area contributed by atoms with E-state index in [1.165, 1.54) is 12.8 Å². The average Bonchev–Trinajstić information content (AvgIpc) is 2.95. The van der Waals surface area contributed by atoms with Crippen LogP contribution in [0.3, 0.4) is 0 Å². The Morgan fingerprint density at radius 3 is 2.15 bits per heavy atom. The Kier molecular flexibility index (Phi) is 7.17. The summed E-state index contributed by atoms with van der Waals surface area (Å²) in [5, 5.41) is 0. The van der Waals surface area contributed by atoms with Crippen molar-refractivity contribution < 1.29 is 14.3 Å². The fourth-order valence-electron chi connectivity index (χ4n) is 4.91. The van der Waals surface area contributed by atoms with E-state index in [2.05, 4.69) is 0 Å². The molecular formula is C28H34N2O3. The van der Waals surface area contributed by atoms with Crippen LogP contribution in [-0.2, 0) is 16.1 Å². The highest BCUT2D eigenvalue weighted by Crippen LogP contribution is 2.36. The molecule has 5 nitrogen and oxygen atoms in total. The molecule has 0 aromatic heterocycles. The molecule has 2 aliphatic rings. The van der Waals surface area contributed by atoms with Crippen LogP contribution in [0.2, 0.25) is 0 Å². The smallest absolute Gasteiger partial charge is 0.278 e. The molecule has 1 aliphatic heterocycles. The van der Waals surface area contributed by atoms with Crippen molar-refractivity contribution in [2.75, 3.05) is 7.05 Å². The van der Waals surface area contributed by atoms with Gasteiger partial charge in [-0.25, -0.2) is 0 Å². The van der Waals surface area contributed by atoms with E-state index < -0.39 is 0 Å². The van der Waals surface area contributed by atoms with Gasteiger partial charge in [0.15, 0.2) is 0 Å². The Hall–Kier alpha value is -3.08. The lowest BCUT2D eigenvalue weighted by Crippen LogP contribution is -2.42. The molecule has 1 aliphatic carbocycles. The van der Waals surface area contributed by atoms with E-state index >= 15 is 0 Å². The van der Waals surface area contributed by atoms with Gasteiger partial charge in [0.25, 0.3) is 11.8 Å². The summed E-state index contributed by atoms with van der Waals surface area (Å²) in [5.41, 5.74) is 2.85. The third-order valence-electron chi connectivity index (χ3n) is 6.44. The molecule has 0 unspecified atom stereocenters. The fraction of sp³-hybridized carbons (Fsp3) is 0.429. The molecule has 0 N–H and O–H groups in total. The number of likely N-dealkylation sites (N-methyl/N-ethyl adjacent to an activating group) is 1. The van der Waals surface area contributed by atoms with Crippen LogP contribution in [0.5, 0.6) is 5.75 Å². The van der Waals surface area contributed by atoms with Gasteiger partial charge < -0.3 is 9.64 Å². The zero-order valence-corrected chi connectivity index (χ0v) is 19.9. The van der Waals surface area contributed by atoms with E-state index in [1.807, 2.05) is 80.4 Å². The van der Waals surface area contributed by atoms with E-state index in [0.717, 1.165) is 42.6 Å². The van der Waals surface area contributed by atoms with Crippen molar-refractivity contribution in [2.24, 2.45) is 0 Å². The number of hydrogen-bond donors (Lipinski definition) is 0. The molecule has 2 aromatic carbocycles. The van der Waals surface area contributed by atoms with Crippen LogP contribution >= 0.6 is 0 Å². The predicted molar refractivity (Wildman–Crippen MR) is 130 cm³/mol. The summed E-state index contributed by atoms with van der Waals surface area (Å²) >= 11 is 0. The van der Waals surface area contributed by atoms with Gasteiger partial charge in [0, 0.05) is 19.6 Å². The highest BCUT2D eigenvalue weighted by Gasteiger charge is 2.44. The van der Waals surface area contributed by atoms with Crippen molar-refractivity contribution in [1.29, 1.82) is 0 Å². The maximum atomic E-state index is 13.7. The number of amides is 2. The van der Waals surface area contributed by atoms with Crippen molar-refractivity contribution in [3.05, 3.63) is 71.4 Å².